The summed E-state index contributed by atoms with van der Waals surface area (Å²) in [6, 6.07) is 13.2. The first-order valence-electron chi connectivity index (χ1n) is 9.97. The van der Waals surface area contributed by atoms with Crippen LogP contribution in [0, 0.1) is 6.92 Å². The van der Waals surface area contributed by atoms with E-state index >= 15 is 0 Å². The Hall–Kier alpha value is -3.28. The molecule has 0 bridgehead atoms. The summed E-state index contributed by atoms with van der Waals surface area (Å²) in [5, 5.41) is 4.77. The van der Waals surface area contributed by atoms with Crippen LogP contribution in [-0.4, -0.2) is 29.5 Å². The maximum atomic E-state index is 13.1. The van der Waals surface area contributed by atoms with Crippen LogP contribution in [0.5, 0.6) is 11.5 Å². The summed E-state index contributed by atoms with van der Waals surface area (Å²) in [4.78, 5) is 14.8. The number of amides is 1. The second-order valence-corrected chi connectivity index (χ2v) is 7.58. The van der Waals surface area contributed by atoms with Crippen molar-refractivity contribution in [1.29, 1.82) is 0 Å². The highest BCUT2D eigenvalue weighted by Gasteiger charge is 2.21. The first-order chi connectivity index (χ1) is 14.1. The lowest BCUT2D eigenvalue weighted by molar-refractivity contribution is 0.0993. The number of rotatable bonds is 3. The molecule has 6 nitrogen and oxygen atoms in total. The van der Waals surface area contributed by atoms with Crippen molar-refractivity contribution in [2.24, 2.45) is 0 Å². The molecular weight excluding hydrogens is 366 g/mol. The molecule has 0 unspecified atom stereocenters. The lowest BCUT2D eigenvalue weighted by Gasteiger charge is -2.19. The Morgan fingerprint density at radius 3 is 2.79 bits per heavy atom. The van der Waals surface area contributed by atoms with Crippen molar-refractivity contribution in [3.05, 3.63) is 65.0 Å². The fraction of sp³-hybridized carbons (Fsp3) is 0.304. The highest BCUT2D eigenvalue weighted by atomic mass is 16.7. The summed E-state index contributed by atoms with van der Waals surface area (Å²) >= 11 is 0. The lowest BCUT2D eigenvalue weighted by atomic mass is 9.96. The molecule has 1 aliphatic carbocycles. The Morgan fingerprint density at radius 2 is 1.90 bits per heavy atom. The predicted octanol–water partition coefficient (Wildman–Crippen LogP) is 4.06. The van der Waals surface area contributed by atoms with Crippen molar-refractivity contribution in [2.75, 3.05) is 18.7 Å². The van der Waals surface area contributed by atoms with Crippen LogP contribution in [0.3, 0.4) is 0 Å². The predicted molar refractivity (Wildman–Crippen MR) is 110 cm³/mol. The van der Waals surface area contributed by atoms with E-state index in [0.717, 1.165) is 29.9 Å². The third-order valence-corrected chi connectivity index (χ3v) is 5.77. The second kappa shape index (κ2) is 6.95. The van der Waals surface area contributed by atoms with Gasteiger partial charge in [0.05, 0.1) is 11.4 Å². The number of nitrogens with zero attached hydrogens (tertiary/aromatic N) is 3. The largest absolute Gasteiger partial charge is 0.454 e. The van der Waals surface area contributed by atoms with E-state index in [1.165, 1.54) is 24.1 Å². The van der Waals surface area contributed by atoms with E-state index in [0.29, 0.717) is 17.1 Å². The van der Waals surface area contributed by atoms with Crippen LogP contribution < -0.4 is 14.4 Å². The molecule has 2 heterocycles. The zero-order valence-electron chi connectivity index (χ0n) is 16.6. The van der Waals surface area contributed by atoms with Gasteiger partial charge < -0.3 is 14.4 Å². The molecule has 0 N–H and O–H groups in total. The average Bonchev–Trinajstić information content (AvgIpc) is 3.37. The fourth-order valence-corrected chi connectivity index (χ4v) is 4.17. The maximum Gasteiger partial charge on any atom is 0.258 e. The standard InChI is InChI=1S/C23H23N3O3/c1-15-19-8-3-4-9-20(19)26(24-15)18-7-5-6-16(12-18)23(27)25(2)17-10-11-21-22(13-17)29-14-28-21/h5-7,10-13H,3-4,8-9,14H2,1-2H3. The minimum atomic E-state index is -0.0801. The van der Waals surface area contributed by atoms with Gasteiger partial charge in [0.15, 0.2) is 11.5 Å². The van der Waals surface area contributed by atoms with Crippen LogP contribution in [0.15, 0.2) is 42.5 Å². The number of anilines is 1. The van der Waals surface area contributed by atoms with Gasteiger partial charge in [-0.1, -0.05) is 6.07 Å². The number of carbonyl (C=O) groups excluding carboxylic acids is 1. The molecule has 0 atom stereocenters. The van der Waals surface area contributed by atoms with Crippen molar-refractivity contribution < 1.29 is 14.3 Å². The van der Waals surface area contributed by atoms with Gasteiger partial charge in [0.2, 0.25) is 6.79 Å². The summed E-state index contributed by atoms with van der Waals surface area (Å²) in [6.07, 6.45) is 4.53. The fourth-order valence-electron chi connectivity index (χ4n) is 4.17. The molecule has 0 spiro atoms. The van der Waals surface area contributed by atoms with Gasteiger partial charge in [0.1, 0.15) is 0 Å². The molecule has 148 valence electrons. The third kappa shape index (κ3) is 3.05. The van der Waals surface area contributed by atoms with Crippen molar-refractivity contribution in [3.8, 4) is 17.2 Å². The van der Waals surface area contributed by atoms with Gasteiger partial charge >= 0.3 is 0 Å². The molecule has 5 rings (SSSR count). The van der Waals surface area contributed by atoms with Crippen LogP contribution >= 0.6 is 0 Å². The summed E-state index contributed by atoms with van der Waals surface area (Å²) < 4.78 is 12.8. The number of fused-ring (bicyclic) bond motifs is 2. The van der Waals surface area contributed by atoms with E-state index in [1.807, 2.05) is 47.1 Å². The van der Waals surface area contributed by atoms with E-state index in [1.54, 1.807) is 11.9 Å². The summed E-state index contributed by atoms with van der Waals surface area (Å²) in [7, 11) is 1.77. The minimum Gasteiger partial charge on any atom is -0.454 e. The molecule has 0 fully saturated rings. The molecule has 0 radical (unpaired) electrons. The third-order valence-electron chi connectivity index (χ3n) is 5.77. The Kier molecular flexibility index (Phi) is 4.27. The first-order valence-corrected chi connectivity index (χ1v) is 9.97. The molecule has 2 aromatic carbocycles. The van der Waals surface area contributed by atoms with Gasteiger partial charge in [0.25, 0.3) is 5.91 Å². The summed E-state index contributed by atoms with van der Waals surface area (Å²) in [5.41, 5.74) is 6.06. The molecule has 0 saturated carbocycles. The van der Waals surface area contributed by atoms with E-state index in [2.05, 4.69) is 6.92 Å². The zero-order valence-corrected chi connectivity index (χ0v) is 16.6. The Morgan fingerprint density at radius 1 is 1.07 bits per heavy atom. The molecular formula is C23H23N3O3. The average molecular weight is 389 g/mol. The molecule has 0 saturated heterocycles. The van der Waals surface area contributed by atoms with Gasteiger partial charge in [-0.05, 0) is 68.5 Å². The number of hydrogen-bond acceptors (Lipinski definition) is 4. The van der Waals surface area contributed by atoms with Gasteiger partial charge in [-0.25, -0.2) is 4.68 Å². The Bertz CT molecular complexity index is 1100. The summed E-state index contributed by atoms with van der Waals surface area (Å²) in [6.45, 7) is 2.29. The van der Waals surface area contributed by atoms with Crippen LogP contribution in [0.4, 0.5) is 5.69 Å². The molecule has 6 heteroatoms. The van der Waals surface area contributed by atoms with E-state index in [4.69, 9.17) is 14.6 Å². The number of hydrogen-bond donors (Lipinski definition) is 0. The minimum absolute atomic E-state index is 0.0801. The van der Waals surface area contributed by atoms with Crippen LogP contribution in [0.1, 0.15) is 40.2 Å². The normalized spacial score (nSPS) is 14.6. The van der Waals surface area contributed by atoms with Crippen molar-refractivity contribution in [3.63, 3.8) is 0 Å². The SMILES string of the molecule is Cc1nn(-c2cccc(C(=O)N(C)c3ccc4c(c3)OCO4)c2)c2c1CCCC2. The van der Waals surface area contributed by atoms with Crippen molar-refractivity contribution >= 4 is 11.6 Å². The van der Waals surface area contributed by atoms with Gasteiger partial charge in [-0.2, -0.15) is 5.10 Å². The summed E-state index contributed by atoms with van der Waals surface area (Å²) in [5.74, 6) is 1.29. The number of ether oxygens (including phenoxy) is 2. The molecule has 3 aromatic rings. The van der Waals surface area contributed by atoms with Crippen LogP contribution in [-0.2, 0) is 12.8 Å². The number of aryl methyl sites for hydroxylation is 1. The highest BCUT2D eigenvalue weighted by molar-refractivity contribution is 6.06. The molecule has 1 aromatic heterocycles. The molecule has 1 amide bonds. The monoisotopic (exact) mass is 389 g/mol. The number of aromatic nitrogens is 2. The number of carbonyl (C=O) groups is 1. The maximum absolute atomic E-state index is 13.1. The lowest BCUT2D eigenvalue weighted by Crippen LogP contribution is -2.26. The Labute approximate surface area is 169 Å². The smallest absolute Gasteiger partial charge is 0.258 e. The van der Waals surface area contributed by atoms with Gasteiger partial charge in [0, 0.05) is 30.1 Å². The molecule has 1 aliphatic heterocycles. The molecule has 29 heavy (non-hydrogen) atoms. The van der Waals surface area contributed by atoms with E-state index in [9.17, 15) is 4.79 Å². The first kappa shape index (κ1) is 17.8. The van der Waals surface area contributed by atoms with E-state index < -0.39 is 0 Å². The van der Waals surface area contributed by atoms with E-state index in [-0.39, 0.29) is 12.7 Å². The zero-order chi connectivity index (χ0) is 20.0. The van der Waals surface area contributed by atoms with Crippen LogP contribution in [0.2, 0.25) is 0 Å². The van der Waals surface area contributed by atoms with Gasteiger partial charge in [-0.15, -0.1) is 0 Å². The van der Waals surface area contributed by atoms with Gasteiger partial charge in [-0.3, -0.25) is 4.79 Å². The van der Waals surface area contributed by atoms with Crippen molar-refractivity contribution in [2.45, 2.75) is 32.6 Å². The quantitative estimate of drug-likeness (QED) is 0.678. The topological polar surface area (TPSA) is 56.6 Å². The van der Waals surface area contributed by atoms with Crippen LogP contribution in [0.25, 0.3) is 5.69 Å². The van der Waals surface area contributed by atoms with Crippen molar-refractivity contribution in [1.82, 2.24) is 9.78 Å². The Balaban J connectivity index is 1.46. The highest BCUT2D eigenvalue weighted by Crippen LogP contribution is 2.35. The number of benzene rings is 2. The molecule has 2 aliphatic rings. The second-order valence-electron chi connectivity index (χ2n) is 7.58.